The lowest BCUT2D eigenvalue weighted by molar-refractivity contribution is 0.0484. The SMILES string of the molecule is CCN(C(=O)O)C(CC)(NC(=O)O)c1ccc(C#N)cc1F. The second kappa shape index (κ2) is 6.76. The lowest BCUT2D eigenvalue weighted by Crippen LogP contribution is -2.59. The fourth-order valence-corrected chi connectivity index (χ4v) is 2.42. The molecular weight excluding hydrogens is 293 g/mol. The second-order valence-corrected chi connectivity index (χ2v) is 4.48. The molecule has 0 fully saturated rings. The number of rotatable bonds is 5. The van der Waals surface area contributed by atoms with Gasteiger partial charge in [0, 0.05) is 12.1 Å². The van der Waals surface area contributed by atoms with Crippen molar-refractivity contribution >= 4 is 12.2 Å². The number of halogens is 1. The van der Waals surface area contributed by atoms with Crippen molar-refractivity contribution in [3.8, 4) is 6.07 Å². The van der Waals surface area contributed by atoms with Crippen LogP contribution in [0.15, 0.2) is 18.2 Å². The summed E-state index contributed by atoms with van der Waals surface area (Å²) in [6, 6.07) is 5.24. The Balaban J connectivity index is 3.59. The van der Waals surface area contributed by atoms with Gasteiger partial charge in [-0.2, -0.15) is 5.26 Å². The van der Waals surface area contributed by atoms with Gasteiger partial charge in [-0.05, 0) is 25.5 Å². The van der Waals surface area contributed by atoms with Crippen molar-refractivity contribution in [2.24, 2.45) is 0 Å². The molecule has 22 heavy (non-hydrogen) atoms. The molecule has 3 N–H and O–H groups in total. The normalized spacial score (nSPS) is 12.8. The maximum atomic E-state index is 14.3. The maximum Gasteiger partial charge on any atom is 0.409 e. The third-order valence-corrected chi connectivity index (χ3v) is 3.38. The van der Waals surface area contributed by atoms with Gasteiger partial charge in [-0.25, -0.2) is 14.0 Å². The molecule has 0 heterocycles. The third kappa shape index (κ3) is 3.09. The van der Waals surface area contributed by atoms with Gasteiger partial charge in [0.2, 0.25) is 0 Å². The summed E-state index contributed by atoms with van der Waals surface area (Å²) in [7, 11) is 0. The van der Waals surface area contributed by atoms with Crippen molar-refractivity contribution in [3.05, 3.63) is 35.1 Å². The van der Waals surface area contributed by atoms with E-state index in [4.69, 9.17) is 10.4 Å². The predicted octanol–water partition coefficient (Wildman–Crippen LogP) is 2.53. The molecule has 0 aliphatic heterocycles. The Hall–Kier alpha value is -2.82. The molecule has 0 saturated heterocycles. The van der Waals surface area contributed by atoms with Crippen LogP contribution in [0.5, 0.6) is 0 Å². The summed E-state index contributed by atoms with van der Waals surface area (Å²) >= 11 is 0. The van der Waals surface area contributed by atoms with Gasteiger partial charge in [0.05, 0.1) is 11.6 Å². The summed E-state index contributed by atoms with van der Waals surface area (Å²) in [5.74, 6) is -0.852. The fourth-order valence-electron chi connectivity index (χ4n) is 2.42. The van der Waals surface area contributed by atoms with Crippen molar-refractivity contribution in [3.63, 3.8) is 0 Å². The van der Waals surface area contributed by atoms with Crippen molar-refractivity contribution in [1.29, 1.82) is 5.26 Å². The molecule has 8 heteroatoms. The van der Waals surface area contributed by atoms with Gasteiger partial charge in [0.25, 0.3) is 0 Å². The molecule has 0 radical (unpaired) electrons. The first-order chi connectivity index (χ1) is 10.3. The summed E-state index contributed by atoms with van der Waals surface area (Å²) in [4.78, 5) is 23.4. The number of nitriles is 1. The van der Waals surface area contributed by atoms with Crippen LogP contribution in [-0.2, 0) is 5.66 Å². The summed E-state index contributed by atoms with van der Waals surface area (Å²) in [6.45, 7) is 3.01. The van der Waals surface area contributed by atoms with E-state index in [0.29, 0.717) is 0 Å². The molecule has 7 nitrogen and oxygen atoms in total. The van der Waals surface area contributed by atoms with E-state index in [0.717, 1.165) is 11.0 Å². The molecule has 1 unspecified atom stereocenters. The largest absolute Gasteiger partial charge is 0.465 e. The van der Waals surface area contributed by atoms with E-state index < -0.39 is 23.7 Å². The van der Waals surface area contributed by atoms with Gasteiger partial charge >= 0.3 is 12.2 Å². The number of hydrogen-bond donors (Lipinski definition) is 3. The fraction of sp³-hybridized carbons (Fsp3) is 0.357. The molecule has 0 aliphatic carbocycles. The predicted molar refractivity (Wildman–Crippen MR) is 74.6 cm³/mol. The number of hydrogen-bond acceptors (Lipinski definition) is 3. The van der Waals surface area contributed by atoms with Gasteiger partial charge in [0.15, 0.2) is 0 Å². The van der Waals surface area contributed by atoms with Crippen molar-refractivity contribution in [2.75, 3.05) is 6.54 Å². The lowest BCUT2D eigenvalue weighted by atomic mass is 9.93. The number of amides is 2. The first-order valence-electron chi connectivity index (χ1n) is 6.54. The van der Waals surface area contributed by atoms with Crippen LogP contribution in [0.25, 0.3) is 0 Å². The smallest absolute Gasteiger partial charge is 0.409 e. The first-order valence-corrected chi connectivity index (χ1v) is 6.54. The zero-order valence-corrected chi connectivity index (χ0v) is 12.1. The zero-order valence-electron chi connectivity index (χ0n) is 12.1. The highest BCUT2D eigenvalue weighted by atomic mass is 19.1. The topological polar surface area (TPSA) is 114 Å². The number of benzene rings is 1. The Labute approximate surface area is 126 Å². The van der Waals surface area contributed by atoms with Crippen LogP contribution in [0.3, 0.4) is 0 Å². The van der Waals surface area contributed by atoms with Gasteiger partial charge in [-0.15, -0.1) is 0 Å². The quantitative estimate of drug-likeness (QED) is 0.723. The molecule has 0 saturated carbocycles. The second-order valence-electron chi connectivity index (χ2n) is 4.48. The molecule has 1 rings (SSSR count). The molecule has 1 aromatic carbocycles. The van der Waals surface area contributed by atoms with Crippen LogP contribution in [0.4, 0.5) is 14.0 Å². The summed E-state index contributed by atoms with van der Waals surface area (Å²) < 4.78 is 14.3. The first kappa shape index (κ1) is 17.2. The van der Waals surface area contributed by atoms with Crippen LogP contribution in [-0.4, -0.2) is 33.8 Å². The van der Waals surface area contributed by atoms with Crippen LogP contribution < -0.4 is 5.32 Å². The Morgan fingerprint density at radius 3 is 2.41 bits per heavy atom. The van der Waals surface area contributed by atoms with Gasteiger partial charge in [0.1, 0.15) is 11.5 Å². The average molecular weight is 309 g/mol. The summed E-state index contributed by atoms with van der Waals surface area (Å²) in [6.07, 6.45) is -2.89. The minimum atomic E-state index is -1.77. The molecular formula is C14H16FN3O4. The van der Waals surface area contributed by atoms with Gasteiger partial charge in [-0.1, -0.05) is 13.0 Å². The minimum absolute atomic E-state index is 0.0255. The molecule has 118 valence electrons. The van der Waals surface area contributed by atoms with E-state index in [-0.39, 0.29) is 24.1 Å². The standard InChI is InChI=1S/C14H16FN3O4/c1-3-14(17-12(19)20,18(4-2)13(21)22)10-6-5-9(8-16)7-11(10)15/h5-7,17H,3-4H2,1-2H3,(H,19,20)(H,21,22). The molecule has 0 bridgehead atoms. The van der Waals surface area contributed by atoms with Crippen LogP contribution in [0, 0.1) is 17.1 Å². The van der Waals surface area contributed by atoms with Crippen LogP contribution in [0.1, 0.15) is 31.4 Å². The van der Waals surface area contributed by atoms with Crippen molar-refractivity contribution in [1.82, 2.24) is 10.2 Å². The number of carbonyl (C=O) groups is 2. The summed E-state index contributed by atoms with van der Waals surface area (Å²) in [5.41, 5.74) is -1.87. The maximum absolute atomic E-state index is 14.3. The molecule has 2 amide bonds. The lowest BCUT2D eigenvalue weighted by Gasteiger charge is -2.41. The van der Waals surface area contributed by atoms with Crippen LogP contribution >= 0.6 is 0 Å². The van der Waals surface area contributed by atoms with E-state index >= 15 is 0 Å². The highest BCUT2D eigenvalue weighted by Gasteiger charge is 2.42. The third-order valence-electron chi connectivity index (χ3n) is 3.38. The molecule has 0 spiro atoms. The van der Waals surface area contributed by atoms with E-state index in [1.807, 2.05) is 0 Å². The average Bonchev–Trinajstić information content (AvgIpc) is 2.45. The van der Waals surface area contributed by atoms with E-state index in [1.165, 1.54) is 19.1 Å². The van der Waals surface area contributed by atoms with Crippen molar-refractivity contribution in [2.45, 2.75) is 25.9 Å². The summed E-state index contributed by atoms with van der Waals surface area (Å²) in [5, 5.41) is 29.3. The van der Waals surface area contributed by atoms with E-state index in [1.54, 1.807) is 13.0 Å². The Kier molecular flexibility index (Phi) is 5.29. The minimum Gasteiger partial charge on any atom is -0.465 e. The molecule has 1 atom stereocenters. The molecule has 1 aromatic rings. The number of nitrogens with one attached hydrogen (secondary N) is 1. The highest BCUT2D eigenvalue weighted by molar-refractivity contribution is 5.71. The number of carboxylic acid groups (broad SMARTS) is 2. The Morgan fingerprint density at radius 2 is 2.05 bits per heavy atom. The Morgan fingerprint density at radius 1 is 1.41 bits per heavy atom. The van der Waals surface area contributed by atoms with Crippen LogP contribution in [0.2, 0.25) is 0 Å². The Bertz CT molecular complexity index is 629. The van der Waals surface area contributed by atoms with Gasteiger partial charge in [-0.3, -0.25) is 10.2 Å². The van der Waals surface area contributed by atoms with E-state index in [2.05, 4.69) is 5.32 Å². The van der Waals surface area contributed by atoms with Crippen molar-refractivity contribution < 1.29 is 24.2 Å². The zero-order chi connectivity index (χ0) is 16.9. The van der Waals surface area contributed by atoms with E-state index in [9.17, 15) is 19.1 Å². The number of nitrogens with zero attached hydrogens (tertiary/aromatic N) is 2. The van der Waals surface area contributed by atoms with Gasteiger partial charge < -0.3 is 10.2 Å². The molecule has 0 aliphatic rings. The monoisotopic (exact) mass is 309 g/mol. The molecule has 0 aromatic heterocycles. The highest BCUT2D eigenvalue weighted by Crippen LogP contribution is 2.32.